The molecule has 10 aromatic heterocycles. The Morgan fingerprint density at radius 1 is 0.336 bits per heavy atom. The third-order valence-electron chi connectivity index (χ3n) is 20.9. The molecule has 10 heterocycles. The normalized spacial score (nSPS) is 11.1. The summed E-state index contributed by atoms with van der Waals surface area (Å²) in [4.78, 5) is 2.13. The van der Waals surface area contributed by atoms with Crippen LogP contribution in [0.4, 0.5) is 26.0 Å². The van der Waals surface area contributed by atoms with Crippen LogP contribution in [-0.4, -0.2) is 65.1 Å². The molecule has 0 aliphatic rings. The van der Waals surface area contributed by atoms with Crippen LogP contribution < -0.4 is 31.0 Å². The van der Waals surface area contributed by atoms with Gasteiger partial charge < -0.3 is 22.1 Å². The van der Waals surface area contributed by atoms with Gasteiger partial charge in [-0.2, -0.15) is 98.3 Å². The fourth-order valence-corrected chi connectivity index (χ4v) is 21.4. The SMILES string of the molecule is C[Si](C)(C)c1coc2c(-n3cccn3)[c-]ccc12.Fc1c[c-]c(-n2cccn2)c2oc3ccccc3c12.Fc1cccc2oc3c(-n4cccn4)[c-]ccc3c12.[Ir].[Ir].[Ir].[Ir].[Ir].[c-]1ccc2c(oc3ccccc32)c1-n1ccc(N(c2ccccc2)c2ccccc2)n1.[c-]1ccc2cc([Si](c3ccccc3)(c3ccccc3)c3ccccc3)oc2c1-n1cccn1. The van der Waals surface area contributed by atoms with Crippen LogP contribution in [0.2, 0.25) is 19.6 Å². The van der Waals surface area contributed by atoms with Gasteiger partial charge in [-0.05, 0) is 133 Å². The summed E-state index contributed by atoms with van der Waals surface area (Å²) in [7, 11) is -4.09. The largest absolute Gasteiger partial charge is 0.521 e. The maximum Gasteiger partial charge on any atom is 0.221 e. The predicted molar refractivity (Wildman–Crippen MR) is 475 cm³/mol. The van der Waals surface area contributed by atoms with E-state index in [0.717, 1.165) is 88.9 Å². The molecular weight excluding hydrogens is 2490 g/mol. The van der Waals surface area contributed by atoms with E-state index >= 15 is 0 Å². The Morgan fingerprint density at radius 3 is 1.29 bits per heavy atom. The summed E-state index contributed by atoms with van der Waals surface area (Å²) in [6.07, 6.45) is 18.1. The van der Waals surface area contributed by atoms with E-state index in [9.17, 15) is 8.78 Å². The van der Waals surface area contributed by atoms with Crippen LogP contribution >= 0.6 is 0 Å². The first-order chi connectivity index (χ1) is 59.0. The minimum atomic E-state index is -2.70. The third-order valence-corrected chi connectivity index (χ3v) is 27.4. The zero-order valence-electron chi connectivity index (χ0n) is 66.6. The second-order valence-corrected chi connectivity index (χ2v) is 38.0. The Hall–Kier alpha value is -12.3. The number of rotatable bonds is 13. The van der Waals surface area contributed by atoms with E-state index in [4.69, 9.17) is 27.2 Å². The number of hydrogen-bond acceptors (Lipinski definition) is 11. The molecule has 0 saturated heterocycles. The molecular formula is C100H70F2Ir5N11O5Si2-5. The van der Waals surface area contributed by atoms with E-state index in [-0.39, 0.29) is 112 Å². The first kappa shape index (κ1) is 89.0. The van der Waals surface area contributed by atoms with Crippen LogP contribution in [0.25, 0.3) is 116 Å². The molecule has 5 radical (unpaired) electrons. The van der Waals surface area contributed by atoms with Gasteiger partial charge in [-0.25, -0.2) is 4.39 Å². The van der Waals surface area contributed by atoms with Crippen LogP contribution in [-0.2, 0) is 101 Å². The quantitative estimate of drug-likeness (QED) is 0.0614. The van der Waals surface area contributed by atoms with Crippen molar-refractivity contribution in [1.29, 1.82) is 0 Å². The van der Waals surface area contributed by atoms with Crippen LogP contribution in [0, 0.1) is 42.0 Å². The topological polar surface area (TPSA) is 158 Å². The Bertz CT molecular complexity index is 7330. The number of furan rings is 5. The molecule has 125 heavy (non-hydrogen) atoms. The summed E-state index contributed by atoms with van der Waals surface area (Å²) in [5, 5.41) is 34.9. The van der Waals surface area contributed by atoms with E-state index in [1.165, 1.54) is 38.3 Å². The summed E-state index contributed by atoms with van der Waals surface area (Å²) in [6.45, 7) is 6.96. The summed E-state index contributed by atoms with van der Waals surface area (Å²) in [5.74, 6) is 0.198. The third kappa shape index (κ3) is 17.6. The number of aromatic nitrogens is 10. The maximum atomic E-state index is 14.1. The average Bonchev–Trinajstić information content (AvgIpc) is 1.70. The number of hydrogen-bond donors (Lipinski definition) is 0. The van der Waals surface area contributed by atoms with Gasteiger partial charge in [0.1, 0.15) is 22.6 Å². The van der Waals surface area contributed by atoms with Crippen molar-refractivity contribution in [2.45, 2.75) is 19.6 Å². The molecule has 23 aromatic rings. The van der Waals surface area contributed by atoms with Crippen molar-refractivity contribution in [2.75, 3.05) is 4.90 Å². The molecule has 0 fully saturated rings. The Morgan fingerprint density at radius 2 is 0.760 bits per heavy atom. The minimum absolute atomic E-state index is 0. The van der Waals surface area contributed by atoms with Gasteiger partial charge in [0.2, 0.25) is 8.07 Å². The fraction of sp³-hybridized carbons (Fsp3) is 0.0300. The van der Waals surface area contributed by atoms with Gasteiger partial charge >= 0.3 is 0 Å². The number of fused-ring (bicyclic) bond motifs is 11. The van der Waals surface area contributed by atoms with Gasteiger partial charge in [0, 0.05) is 218 Å². The molecule has 0 N–H and O–H groups in total. The van der Waals surface area contributed by atoms with Crippen LogP contribution in [0.3, 0.4) is 0 Å². The van der Waals surface area contributed by atoms with Gasteiger partial charge in [-0.3, -0.25) is 32.7 Å². The van der Waals surface area contributed by atoms with Crippen molar-refractivity contribution < 1.29 is 131 Å². The van der Waals surface area contributed by atoms with Crippen molar-refractivity contribution >= 4 is 147 Å². The number of benzene rings is 13. The van der Waals surface area contributed by atoms with E-state index in [1.54, 1.807) is 81.6 Å². The first-order valence-electron chi connectivity index (χ1n) is 38.9. The Balaban J connectivity index is 0.000000129. The Labute approximate surface area is 786 Å². The number of para-hydroxylation sites is 4. The van der Waals surface area contributed by atoms with E-state index in [1.807, 2.05) is 162 Å². The molecule has 23 rings (SSSR count). The second-order valence-electron chi connectivity index (χ2n) is 29.2. The molecule has 0 unspecified atom stereocenters. The summed E-state index contributed by atoms with van der Waals surface area (Å²) in [6, 6.07) is 117. The molecule has 0 atom stereocenters. The second kappa shape index (κ2) is 39.3. The summed E-state index contributed by atoms with van der Waals surface area (Å²) in [5.41, 5.74) is 11.4. The van der Waals surface area contributed by atoms with Crippen molar-refractivity contribution in [2.24, 2.45) is 0 Å². The Kier molecular flexibility index (Phi) is 28.0. The number of nitrogens with zero attached hydrogens (tertiary/aromatic N) is 11. The molecule has 0 aliphatic carbocycles. The van der Waals surface area contributed by atoms with Crippen molar-refractivity contribution in [1.82, 2.24) is 48.9 Å². The summed E-state index contributed by atoms with van der Waals surface area (Å²) < 4.78 is 67.0. The van der Waals surface area contributed by atoms with Gasteiger partial charge in [-0.1, -0.05) is 211 Å². The number of anilines is 3. The molecule has 627 valence electrons. The van der Waals surface area contributed by atoms with Gasteiger partial charge in [0.05, 0.1) is 25.3 Å². The zero-order chi connectivity index (χ0) is 81.1. The van der Waals surface area contributed by atoms with E-state index in [0.29, 0.717) is 44.5 Å². The fourth-order valence-electron chi connectivity index (χ4n) is 15.4. The molecule has 25 heteroatoms. The predicted octanol–water partition coefficient (Wildman–Crippen LogP) is 21.2. The molecule has 0 saturated carbocycles. The van der Waals surface area contributed by atoms with E-state index in [2.05, 4.69) is 215 Å². The zero-order valence-corrected chi connectivity index (χ0v) is 80.6. The molecule has 0 bridgehead atoms. The number of halogens is 2. The van der Waals surface area contributed by atoms with Crippen LogP contribution in [0.1, 0.15) is 0 Å². The molecule has 0 amide bonds. The smallest absolute Gasteiger partial charge is 0.221 e. The molecule has 16 nitrogen and oxygen atoms in total. The van der Waals surface area contributed by atoms with Gasteiger partial charge in [0.15, 0.2) is 5.82 Å². The van der Waals surface area contributed by atoms with Gasteiger partial charge in [0.25, 0.3) is 0 Å². The molecule has 13 aromatic carbocycles. The van der Waals surface area contributed by atoms with Gasteiger partial charge in [-0.15, -0.1) is 12.1 Å². The summed E-state index contributed by atoms with van der Waals surface area (Å²) >= 11 is 0. The van der Waals surface area contributed by atoms with E-state index < -0.39 is 16.1 Å². The molecule has 0 aliphatic heterocycles. The van der Waals surface area contributed by atoms with Crippen LogP contribution in [0.15, 0.2) is 394 Å². The average molecular weight is 2560 g/mol. The van der Waals surface area contributed by atoms with Crippen LogP contribution in [0.5, 0.6) is 0 Å². The first-order valence-corrected chi connectivity index (χ1v) is 44.4. The van der Waals surface area contributed by atoms with Crippen molar-refractivity contribution in [3.63, 3.8) is 0 Å². The monoisotopic (exact) mass is 2560 g/mol. The standard InChI is InChI=1S/C29H21N2OSi.C27H18N3O.2C15H8FN2O.C14H15N2OSi.5Ir/c1-4-13-24(14-5-1)33(25-15-6-2-7-16-25,26-17-8-3-9-18-26)28-22-23-12-10-19-27(29(23)32-28)31-21-11-20-30-31;1-3-10-20(11-4-1)30(21-12-5-2-6-13-21)26-18-19-29(28-26)24-16-9-15-23-22-14-7-8-17-25(22)31-27(23)24;16-11-5-2-7-13-14(11)10-4-1-6-12(15(10)19-13)18-9-3-8-17-18;16-11-6-7-12(18-9-3-8-17-18)15-14(11)10-4-1-2-5-13(10)19-15;1-18(2,3)13-10-17-14-11(13)6-4-7-12(14)16-9-5-8-15-16;;;;;/h1-18,20-22H;1-15,17-19H;1-5,7-9H;1-6,8-9H;4-6,8-10H,1-3H3;;;;;/q5*-1;;;;;. The maximum absolute atomic E-state index is 14.1. The van der Waals surface area contributed by atoms with Crippen molar-refractivity contribution in [3.05, 3.63) is 413 Å². The van der Waals surface area contributed by atoms with Crippen molar-refractivity contribution in [3.8, 4) is 28.4 Å². The minimum Gasteiger partial charge on any atom is -0.521 e. The molecule has 0 spiro atoms.